The molecule has 3 rings (SSSR count). The van der Waals surface area contributed by atoms with E-state index in [1.807, 2.05) is 23.9 Å². The number of nitrogens with one attached hydrogen (secondary N) is 1. The van der Waals surface area contributed by atoms with Crippen molar-refractivity contribution in [3.8, 4) is 5.75 Å². The van der Waals surface area contributed by atoms with E-state index in [1.165, 1.54) is 28.9 Å². The predicted octanol–water partition coefficient (Wildman–Crippen LogP) is 4.24. The molecule has 0 heterocycles. The summed E-state index contributed by atoms with van der Waals surface area (Å²) >= 11 is 1.86. The summed E-state index contributed by atoms with van der Waals surface area (Å²) < 4.78 is 5.26. The zero-order chi connectivity index (χ0) is 14.5. The van der Waals surface area contributed by atoms with Gasteiger partial charge in [-0.05, 0) is 48.2 Å². The molecule has 0 atom stereocenters. The summed E-state index contributed by atoms with van der Waals surface area (Å²) in [4.78, 5) is 1.31. The lowest BCUT2D eigenvalue weighted by atomic mass is 10.2. The van der Waals surface area contributed by atoms with Gasteiger partial charge in [-0.15, -0.1) is 11.8 Å². The molecule has 0 spiro atoms. The molecular formula is C18H21NOS. The van der Waals surface area contributed by atoms with Crippen LogP contribution in [-0.2, 0) is 12.3 Å². The number of hydrogen-bond acceptors (Lipinski definition) is 3. The second-order valence-electron chi connectivity index (χ2n) is 5.44. The smallest absolute Gasteiger partial charge is 0.119 e. The number of hydrogen-bond donors (Lipinski definition) is 1. The Labute approximate surface area is 130 Å². The fraction of sp³-hybridized carbons (Fsp3) is 0.333. The molecule has 0 bridgehead atoms. The highest BCUT2D eigenvalue weighted by Crippen LogP contribution is 2.25. The van der Waals surface area contributed by atoms with Crippen LogP contribution in [-0.4, -0.2) is 13.2 Å². The van der Waals surface area contributed by atoms with Crippen molar-refractivity contribution in [2.24, 2.45) is 0 Å². The van der Waals surface area contributed by atoms with E-state index in [0.29, 0.717) is 0 Å². The molecule has 21 heavy (non-hydrogen) atoms. The van der Waals surface area contributed by atoms with Gasteiger partial charge in [-0.2, -0.15) is 0 Å². The maximum atomic E-state index is 5.26. The molecule has 1 aliphatic carbocycles. The summed E-state index contributed by atoms with van der Waals surface area (Å²) in [5, 5.41) is 3.54. The summed E-state index contributed by atoms with van der Waals surface area (Å²) in [6.45, 7) is 0.992. The summed E-state index contributed by atoms with van der Waals surface area (Å²) in [7, 11) is 1.71. The number of rotatable bonds is 7. The Morgan fingerprint density at radius 3 is 2.62 bits per heavy atom. The zero-order valence-corrected chi connectivity index (χ0v) is 13.2. The third-order valence-electron chi connectivity index (χ3n) is 3.64. The normalized spacial score (nSPS) is 14.1. The van der Waals surface area contributed by atoms with Crippen LogP contribution in [0.5, 0.6) is 5.75 Å². The van der Waals surface area contributed by atoms with Crippen LogP contribution in [0, 0.1) is 0 Å². The molecule has 0 radical (unpaired) electrons. The molecular weight excluding hydrogens is 278 g/mol. The minimum Gasteiger partial charge on any atom is -0.497 e. The highest BCUT2D eigenvalue weighted by atomic mass is 32.2. The minimum atomic E-state index is 0.770. The van der Waals surface area contributed by atoms with Gasteiger partial charge in [-0.1, -0.05) is 24.3 Å². The first-order valence-electron chi connectivity index (χ1n) is 7.41. The number of benzene rings is 2. The Morgan fingerprint density at radius 2 is 1.90 bits per heavy atom. The molecule has 1 N–H and O–H groups in total. The highest BCUT2D eigenvalue weighted by Gasteiger charge is 2.19. The molecule has 0 amide bonds. The number of thioether (sulfide) groups is 1. The van der Waals surface area contributed by atoms with Crippen LogP contribution in [0.2, 0.25) is 0 Å². The second-order valence-corrected chi connectivity index (χ2v) is 6.49. The monoisotopic (exact) mass is 299 g/mol. The first kappa shape index (κ1) is 14.5. The van der Waals surface area contributed by atoms with Gasteiger partial charge >= 0.3 is 0 Å². The van der Waals surface area contributed by atoms with Gasteiger partial charge in [0.1, 0.15) is 5.75 Å². The number of methoxy groups -OCH3 is 1. The zero-order valence-electron chi connectivity index (χ0n) is 12.3. The van der Waals surface area contributed by atoms with Crippen LogP contribution in [0.3, 0.4) is 0 Å². The van der Waals surface area contributed by atoms with Gasteiger partial charge < -0.3 is 10.1 Å². The maximum absolute atomic E-state index is 5.26. The topological polar surface area (TPSA) is 21.3 Å². The lowest BCUT2D eigenvalue weighted by Gasteiger charge is -2.06. The Hall–Kier alpha value is -1.45. The van der Waals surface area contributed by atoms with Gasteiger partial charge in [0, 0.05) is 23.2 Å². The van der Waals surface area contributed by atoms with Gasteiger partial charge in [-0.25, -0.2) is 0 Å². The van der Waals surface area contributed by atoms with E-state index < -0.39 is 0 Å². The Balaban J connectivity index is 1.52. The van der Waals surface area contributed by atoms with Crippen LogP contribution < -0.4 is 10.1 Å². The van der Waals surface area contributed by atoms with Gasteiger partial charge in [0.25, 0.3) is 0 Å². The fourth-order valence-corrected chi connectivity index (χ4v) is 3.02. The largest absolute Gasteiger partial charge is 0.497 e. The summed E-state index contributed by atoms with van der Waals surface area (Å²) in [5.74, 6) is 1.89. The van der Waals surface area contributed by atoms with Crippen molar-refractivity contribution in [2.45, 2.75) is 36.1 Å². The van der Waals surface area contributed by atoms with Crippen LogP contribution in [0.25, 0.3) is 0 Å². The molecule has 2 aromatic carbocycles. The van der Waals surface area contributed by atoms with Crippen LogP contribution in [0.4, 0.5) is 0 Å². The quantitative estimate of drug-likeness (QED) is 0.773. The molecule has 2 nitrogen and oxygen atoms in total. The molecule has 1 fully saturated rings. The molecule has 2 aromatic rings. The van der Waals surface area contributed by atoms with Crippen molar-refractivity contribution in [2.75, 3.05) is 7.11 Å². The Kier molecular flexibility index (Phi) is 4.84. The Morgan fingerprint density at radius 1 is 1.10 bits per heavy atom. The average Bonchev–Trinajstić information content (AvgIpc) is 3.36. The molecule has 1 aliphatic rings. The molecule has 0 aliphatic heterocycles. The average molecular weight is 299 g/mol. The Bertz CT molecular complexity index is 578. The lowest BCUT2D eigenvalue weighted by molar-refractivity contribution is 0.414. The van der Waals surface area contributed by atoms with Crippen molar-refractivity contribution in [1.29, 1.82) is 0 Å². The lowest BCUT2D eigenvalue weighted by Crippen LogP contribution is -2.14. The van der Waals surface area contributed by atoms with Crippen LogP contribution in [0.15, 0.2) is 53.4 Å². The standard InChI is InChI=1S/C18H21NOS/c1-20-17-4-2-3-15(11-17)13-21-18-9-5-14(6-10-18)12-19-16-7-8-16/h2-6,9-11,16,19H,7-8,12-13H2,1H3. The SMILES string of the molecule is COc1cccc(CSc2ccc(CNC3CC3)cc2)c1. The molecule has 0 aromatic heterocycles. The van der Waals surface area contributed by atoms with Crippen molar-refractivity contribution >= 4 is 11.8 Å². The molecule has 3 heteroatoms. The minimum absolute atomic E-state index is 0.770. The second kappa shape index (κ2) is 7.01. The van der Waals surface area contributed by atoms with Gasteiger partial charge in [0.2, 0.25) is 0 Å². The summed E-state index contributed by atoms with van der Waals surface area (Å²) in [6, 6.07) is 17.9. The summed E-state index contributed by atoms with van der Waals surface area (Å²) in [5.41, 5.74) is 2.66. The van der Waals surface area contributed by atoms with Crippen molar-refractivity contribution in [1.82, 2.24) is 5.32 Å². The summed E-state index contributed by atoms with van der Waals surface area (Å²) in [6.07, 6.45) is 2.68. The van der Waals surface area contributed by atoms with E-state index in [-0.39, 0.29) is 0 Å². The van der Waals surface area contributed by atoms with E-state index in [2.05, 4.69) is 41.7 Å². The van der Waals surface area contributed by atoms with E-state index in [9.17, 15) is 0 Å². The highest BCUT2D eigenvalue weighted by molar-refractivity contribution is 7.98. The van der Waals surface area contributed by atoms with E-state index >= 15 is 0 Å². The van der Waals surface area contributed by atoms with Crippen molar-refractivity contribution in [3.63, 3.8) is 0 Å². The van der Waals surface area contributed by atoms with Gasteiger partial charge in [0.15, 0.2) is 0 Å². The molecule has 0 saturated heterocycles. The van der Waals surface area contributed by atoms with Crippen molar-refractivity contribution < 1.29 is 4.74 Å². The van der Waals surface area contributed by atoms with Crippen molar-refractivity contribution in [3.05, 3.63) is 59.7 Å². The first-order valence-corrected chi connectivity index (χ1v) is 8.40. The third kappa shape index (κ3) is 4.51. The van der Waals surface area contributed by atoms with E-state index in [1.54, 1.807) is 7.11 Å². The van der Waals surface area contributed by atoms with E-state index in [4.69, 9.17) is 4.74 Å². The fourth-order valence-electron chi connectivity index (χ4n) is 2.18. The third-order valence-corrected chi connectivity index (χ3v) is 4.72. The van der Waals surface area contributed by atoms with Gasteiger partial charge in [0.05, 0.1) is 7.11 Å². The maximum Gasteiger partial charge on any atom is 0.119 e. The van der Waals surface area contributed by atoms with Crippen LogP contribution in [0.1, 0.15) is 24.0 Å². The van der Waals surface area contributed by atoms with Crippen LogP contribution >= 0.6 is 11.8 Å². The number of ether oxygens (including phenoxy) is 1. The molecule has 1 saturated carbocycles. The molecule has 0 unspecified atom stereocenters. The van der Waals surface area contributed by atoms with E-state index in [0.717, 1.165) is 24.1 Å². The van der Waals surface area contributed by atoms with Gasteiger partial charge in [-0.3, -0.25) is 0 Å². The first-order chi connectivity index (χ1) is 10.3. The molecule has 110 valence electrons. The predicted molar refractivity (Wildman–Crippen MR) is 88.9 cm³/mol.